The van der Waals surface area contributed by atoms with Gasteiger partial charge in [-0.3, -0.25) is 4.79 Å². The lowest BCUT2D eigenvalue weighted by atomic mass is 9.98. The average Bonchev–Trinajstić information content (AvgIpc) is 2.80. The first-order chi connectivity index (χ1) is 15.4. The number of hydrogen-bond acceptors (Lipinski definition) is 4. The van der Waals surface area contributed by atoms with Gasteiger partial charge in [0.1, 0.15) is 0 Å². The van der Waals surface area contributed by atoms with E-state index in [2.05, 4.69) is 10.0 Å². The summed E-state index contributed by atoms with van der Waals surface area (Å²) in [5.41, 5.74) is 2.50. The third-order valence-corrected chi connectivity index (χ3v) is 6.60. The monoisotopic (exact) mass is 452 g/mol. The second-order valence-corrected chi connectivity index (χ2v) is 9.34. The summed E-state index contributed by atoms with van der Waals surface area (Å²) in [7, 11) is -2.18. The molecule has 2 atom stereocenters. The SMILES string of the molecule is COC[C@H](C)NS(=O)(=O)c1ccc(C(=O)N[C@H](Cc2ccccc2)c2ccccc2)cc1. The molecule has 0 aliphatic carbocycles. The summed E-state index contributed by atoms with van der Waals surface area (Å²) in [6.45, 7) is 1.99. The van der Waals surface area contributed by atoms with Crippen molar-refractivity contribution in [2.24, 2.45) is 0 Å². The molecule has 0 aliphatic rings. The summed E-state index contributed by atoms with van der Waals surface area (Å²) < 4.78 is 32.5. The Hall–Kier alpha value is -3.00. The Balaban J connectivity index is 1.75. The zero-order valence-corrected chi connectivity index (χ0v) is 19.0. The fraction of sp³-hybridized carbons (Fsp3) is 0.240. The van der Waals surface area contributed by atoms with Gasteiger partial charge < -0.3 is 10.1 Å². The summed E-state index contributed by atoms with van der Waals surface area (Å²) in [6, 6.07) is 25.1. The van der Waals surface area contributed by atoms with Gasteiger partial charge in [0.15, 0.2) is 0 Å². The zero-order chi connectivity index (χ0) is 23.0. The van der Waals surface area contributed by atoms with E-state index in [1.807, 2.05) is 60.7 Å². The lowest BCUT2D eigenvalue weighted by Gasteiger charge is -2.20. The Morgan fingerprint density at radius 1 is 0.906 bits per heavy atom. The van der Waals surface area contributed by atoms with Crippen LogP contribution in [0, 0.1) is 0 Å². The maximum atomic E-state index is 12.9. The van der Waals surface area contributed by atoms with Gasteiger partial charge in [0, 0.05) is 18.7 Å². The van der Waals surface area contributed by atoms with Crippen LogP contribution in [0.4, 0.5) is 0 Å². The van der Waals surface area contributed by atoms with Crippen LogP contribution in [0.1, 0.15) is 34.5 Å². The summed E-state index contributed by atoms with van der Waals surface area (Å²) in [6.07, 6.45) is 0.643. The van der Waals surface area contributed by atoms with Gasteiger partial charge in [-0.1, -0.05) is 60.7 Å². The number of rotatable bonds is 10. The van der Waals surface area contributed by atoms with Crippen LogP contribution in [-0.4, -0.2) is 34.1 Å². The first-order valence-corrected chi connectivity index (χ1v) is 11.9. The lowest BCUT2D eigenvalue weighted by molar-refractivity contribution is 0.0936. The molecule has 0 heterocycles. The van der Waals surface area contributed by atoms with E-state index in [1.165, 1.54) is 31.4 Å². The Kier molecular flexibility index (Phi) is 8.16. The number of ether oxygens (including phenoxy) is 1. The van der Waals surface area contributed by atoms with Gasteiger partial charge in [-0.2, -0.15) is 0 Å². The number of sulfonamides is 1. The van der Waals surface area contributed by atoms with E-state index >= 15 is 0 Å². The minimum Gasteiger partial charge on any atom is -0.383 e. The van der Waals surface area contributed by atoms with Crippen molar-refractivity contribution in [2.75, 3.05) is 13.7 Å². The molecule has 0 aromatic heterocycles. The number of methoxy groups -OCH3 is 1. The van der Waals surface area contributed by atoms with Crippen molar-refractivity contribution in [1.82, 2.24) is 10.0 Å². The lowest BCUT2D eigenvalue weighted by Crippen LogP contribution is -2.35. The van der Waals surface area contributed by atoms with Crippen LogP contribution in [0.15, 0.2) is 89.8 Å². The molecule has 32 heavy (non-hydrogen) atoms. The van der Waals surface area contributed by atoms with E-state index < -0.39 is 10.0 Å². The number of amides is 1. The molecule has 168 valence electrons. The molecule has 0 aliphatic heterocycles. The Labute approximate surface area is 189 Å². The Morgan fingerprint density at radius 2 is 1.50 bits per heavy atom. The molecule has 3 rings (SSSR count). The topological polar surface area (TPSA) is 84.5 Å². The molecule has 2 N–H and O–H groups in total. The van der Waals surface area contributed by atoms with Gasteiger partial charge in [-0.05, 0) is 48.7 Å². The average molecular weight is 453 g/mol. The first kappa shape index (κ1) is 23.7. The number of benzene rings is 3. The molecule has 0 saturated carbocycles. The molecule has 0 saturated heterocycles. The fourth-order valence-electron chi connectivity index (χ4n) is 3.43. The van der Waals surface area contributed by atoms with Gasteiger partial charge >= 0.3 is 0 Å². The molecule has 0 fully saturated rings. The smallest absolute Gasteiger partial charge is 0.251 e. The van der Waals surface area contributed by atoms with E-state index in [0.717, 1.165) is 11.1 Å². The number of carbonyl (C=O) groups excluding carboxylic acids is 1. The van der Waals surface area contributed by atoms with Gasteiger partial charge in [-0.15, -0.1) is 0 Å². The Morgan fingerprint density at radius 3 is 2.09 bits per heavy atom. The molecule has 3 aromatic carbocycles. The summed E-state index contributed by atoms with van der Waals surface area (Å²) >= 11 is 0. The zero-order valence-electron chi connectivity index (χ0n) is 18.2. The third-order valence-electron chi connectivity index (χ3n) is 4.99. The maximum Gasteiger partial charge on any atom is 0.251 e. The van der Waals surface area contributed by atoms with Gasteiger partial charge in [-0.25, -0.2) is 13.1 Å². The first-order valence-electron chi connectivity index (χ1n) is 10.4. The minimum atomic E-state index is -3.69. The predicted molar refractivity (Wildman–Crippen MR) is 125 cm³/mol. The van der Waals surface area contributed by atoms with Crippen molar-refractivity contribution in [2.45, 2.75) is 30.3 Å². The molecule has 6 nitrogen and oxygen atoms in total. The van der Waals surface area contributed by atoms with E-state index in [0.29, 0.717) is 12.0 Å². The normalized spacial score (nSPS) is 13.3. The standard InChI is InChI=1S/C25H28N2O4S/c1-19(18-31-2)27-32(29,30)23-15-13-22(14-16-23)25(28)26-24(21-11-7-4-8-12-21)17-20-9-5-3-6-10-20/h3-16,19,24,27H,17-18H2,1-2H3,(H,26,28)/t19-,24+/m0/s1. The van der Waals surface area contributed by atoms with Crippen LogP contribution in [-0.2, 0) is 21.2 Å². The fourth-order valence-corrected chi connectivity index (χ4v) is 4.66. The van der Waals surface area contributed by atoms with Crippen LogP contribution in [0.3, 0.4) is 0 Å². The van der Waals surface area contributed by atoms with Crippen molar-refractivity contribution < 1.29 is 17.9 Å². The van der Waals surface area contributed by atoms with Crippen molar-refractivity contribution in [3.8, 4) is 0 Å². The number of hydrogen-bond donors (Lipinski definition) is 2. The second kappa shape index (κ2) is 11.0. The number of nitrogens with one attached hydrogen (secondary N) is 2. The summed E-state index contributed by atoms with van der Waals surface area (Å²) in [4.78, 5) is 13.0. The molecule has 0 unspecified atom stereocenters. The summed E-state index contributed by atoms with van der Waals surface area (Å²) in [5, 5.41) is 3.08. The van der Waals surface area contributed by atoms with Crippen LogP contribution in [0.2, 0.25) is 0 Å². The van der Waals surface area contributed by atoms with Crippen LogP contribution in [0.5, 0.6) is 0 Å². The van der Waals surface area contributed by atoms with E-state index in [-0.39, 0.29) is 29.5 Å². The molecular weight excluding hydrogens is 424 g/mol. The van der Waals surface area contributed by atoms with E-state index in [4.69, 9.17) is 4.74 Å². The highest BCUT2D eigenvalue weighted by molar-refractivity contribution is 7.89. The van der Waals surface area contributed by atoms with Crippen molar-refractivity contribution >= 4 is 15.9 Å². The highest BCUT2D eigenvalue weighted by Crippen LogP contribution is 2.20. The van der Waals surface area contributed by atoms with Crippen LogP contribution >= 0.6 is 0 Å². The maximum absolute atomic E-state index is 12.9. The van der Waals surface area contributed by atoms with Crippen LogP contribution < -0.4 is 10.0 Å². The molecule has 1 amide bonds. The quantitative estimate of drug-likeness (QED) is 0.491. The molecule has 0 radical (unpaired) electrons. The Bertz CT molecular complexity index is 1100. The summed E-state index contributed by atoms with van der Waals surface area (Å²) in [5.74, 6) is -0.264. The van der Waals surface area contributed by atoms with Gasteiger partial charge in [0.25, 0.3) is 5.91 Å². The minimum absolute atomic E-state index is 0.0981. The van der Waals surface area contributed by atoms with Gasteiger partial charge in [0.05, 0.1) is 17.5 Å². The predicted octanol–water partition coefficient (Wildman–Crippen LogP) is 3.71. The van der Waals surface area contributed by atoms with Gasteiger partial charge in [0.2, 0.25) is 10.0 Å². The molecular formula is C25H28N2O4S. The molecule has 0 spiro atoms. The molecule has 0 bridgehead atoms. The van der Waals surface area contributed by atoms with Crippen molar-refractivity contribution in [1.29, 1.82) is 0 Å². The molecule has 7 heteroatoms. The van der Waals surface area contributed by atoms with E-state index in [9.17, 15) is 13.2 Å². The van der Waals surface area contributed by atoms with Crippen molar-refractivity contribution in [3.63, 3.8) is 0 Å². The van der Waals surface area contributed by atoms with E-state index in [1.54, 1.807) is 6.92 Å². The number of carbonyl (C=O) groups is 1. The largest absolute Gasteiger partial charge is 0.383 e. The second-order valence-electron chi connectivity index (χ2n) is 7.63. The molecule has 3 aromatic rings. The van der Waals surface area contributed by atoms with Crippen LogP contribution in [0.25, 0.3) is 0 Å². The highest BCUT2D eigenvalue weighted by Gasteiger charge is 2.20. The highest BCUT2D eigenvalue weighted by atomic mass is 32.2. The van der Waals surface area contributed by atoms with Crippen molar-refractivity contribution in [3.05, 3.63) is 102 Å². The third kappa shape index (κ3) is 6.50.